The summed E-state index contributed by atoms with van der Waals surface area (Å²) in [4.78, 5) is 0. The van der Waals surface area contributed by atoms with Crippen LogP contribution in [0.4, 0.5) is 0 Å². The smallest absolute Gasteiger partial charge is 0.0724 e. The first-order valence-corrected chi connectivity index (χ1v) is 6.00. The Balaban J connectivity index is 1.53. The van der Waals surface area contributed by atoms with Crippen LogP contribution in [0.25, 0.3) is 0 Å². The Hall–Kier alpha value is -0.160. The highest BCUT2D eigenvalue weighted by molar-refractivity contribution is 4.84. The number of nitrogens with two attached hydrogens (primary N) is 1. The van der Waals surface area contributed by atoms with Crippen molar-refractivity contribution in [1.29, 1.82) is 0 Å². The SMILES string of the molecule is NC1CC(CNC[C@@H]2C[C@H](O)CCO2)C1. The van der Waals surface area contributed by atoms with Crippen LogP contribution < -0.4 is 11.1 Å². The predicted molar refractivity (Wildman–Crippen MR) is 58.5 cm³/mol. The van der Waals surface area contributed by atoms with E-state index in [0.29, 0.717) is 12.6 Å². The summed E-state index contributed by atoms with van der Waals surface area (Å²) in [6.07, 6.45) is 3.90. The summed E-state index contributed by atoms with van der Waals surface area (Å²) in [6.45, 7) is 2.61. The van der Waals surface area contributed by atoms with E-state index in [9.17, 15) is 5.11 Å². The molecule has 0 radical (unpaired) electrons. The molecule has 2 aliphatic rings. The lowest BCUT2D eigenvalue weighted by Gasteiger charge is -2.33. The number of aliphatic hydroxyl groups is 1. The highest BCUT2D eigenvalue weighted by atomic mass is 16.5. The summed E-state index contributed by atoms with van der Waals surface area (Å²) in [7, 11) is 0. The zero-order valence-electron chi connectivity index (χ0n) is 9.19. The zero-order chi connectivity index (χ0) is 10.7. The fraction of sp³-hybridized carbons (Fsp3) is 1.00. The van der Waals surface area contributed by atoms with E-state index in [0.717, 1.165) is 44.7 Å². The molecule has 0 bridgehead atoms. The van der Waals surface area contributed by atoms with Crippen LogP contribution in [0.15, 0.2) is 0 Å². The van der Waals surface area contributed by atoms with Gasteiger partial charge in [-0.05, 0) is 31.7 Å². The van der Waals surface area contributed by atoms with Crippen molar-refractivity contribution in [2.24, 2.45) is 11.7 Å². The summed E-state index contributed by atoms with van der Waals surface area (Å²) in [5, 5.41) is 12.9. The highest BCUT2D eigenvalue weighted by Gasteiger charge is 2.26. The normalized spacial score (nSPS) is 41.2. The second-order valence-corrected chi connectivity index (χ2v) is 4.93. The summed E-state index contributed by atoms with van der Waals surface area (Å²) in [5.41, 5.74) is 5.72. The molecule has 2 atom stereocenters. The second kappa shape index (κ2) is 5.25. The van der Waals surface area contributed by atoms with E-state index in [-0.39, 0.29) is 12.2 Å². The summed E-state index contributed by atoms with van der Waals surface area (Å²) >= 11 is 0. The van der Waals surface area contributed by atoms with Gasteiger partial charge >= 0.3 is 0 Å². The minimum Gasteiger partial charge on any atom is -0.393 e. The van der Waals surface area contributed by atoms with Crippen LogP contribution in [-0.4, -0.2) is 43.1 Å². The minimum absolute atomic E-state index is 0.164. The number of hydrogen-bond donors (Lipinski definition) is 3. The van der Waals surface area contributed by atoms with Crippen molar-refractivity contribution in [3.05, 3.63) is 0 Å². The molecule has 2 rings (SSSR count). The molecular weight excluding hydrogens is 192 g/mol. The van der Waals surface area contributed by atoms with E-state index < -0.39 is 0 Å². The van der Waals surface area contributed by atoms with Crippen LogP contribution >= 0.6 is 0 Å². The van der Waals surface area contributed by atoms with Crippen molar-refractivity contribution in [3.8, 4) is 0 Å². The number of hydrogen-bond acceptors (Lipinski definition) is 4. The number of rotatable bonds is 4. The Kier molecular flexibility index (Phi) is 3.97. The van der Waals surface area contributed by atoms with Gasteiger partial charge in [0, 0.05) is 25.6 Å². The second-order valence-electron chi connectivity index (χ2n) is 4.93. The molecule has 0 unspecified atom stereocenters. The topological polar surface area (TPSA) is 67.5 Å². The molecule has 4 N–H and O–H groups in total. The third kappa shape index (κ3) is 3.41. The van der Waals surface area contributed by atoms with Gasteiger partial charge in [-0.1, -0.05) is 0 Å². The van der Waals surface area contributed by atoms with Crippen LogP contribution in [-0.2, 0) is 4.74 Å². The molecule has 88 valence electrons. The average Bonchev–Trinajstić information content (AvgIpc) is 2.15. The van der Waals surface area contributed by atoms with Crippen molar-refractivity contribution in [2.75, 3.05) is 19.7 Å². The molecule has 0 spiro atoms. The van der Waals surface area contributed by atoms with E-state index in [1.807, 2.05) is 0 Å². The van der Waals surface area contributed by atoms with Crippen LogP contribution in [0.2, 0.25) is 0 Å². The molecule has 1 aliphatic heterocycles. The first-order chi connectivity index (χ1) is 7.24. The van der Waals surface area contributed by atoms with Crippen molar-refractivity contribution in [3.63, 3.8) is 0 Å². The fourth-order valence-corrected chi connectivity index (χ4v) is 2.40. The molecule has 4 heteroatoms. The van der Waals surface area contributed by atoms with Crippen molar-refractivity contribution >= 4 is 0 Å². The Morgan fingerprint density at radius 2 is 2.07 bits per heavy atom. The molecule has 1 heterocycles. The molecule has 1 saturated carbocycles. The van der Waals surface area contributed by atoms with Gasteiger partial charge in [-0.2, -0.15) is 0 Å². The molecule has 1 saturated heterocycles. The van der Waals surface area contributed by atoms with Gasteiger partial charge in [0.1, 0.15) is 0 Å². The lowest BCUT2D eigenvalue weighted by atomic mass is 9.81. The molecule has 0 aromatic rings. The van der Waals surface area contributed by atoms with E-state index >= 15 is 0 Å². The van der Waals surface area contributed by atoms with Crippen molar-refractivity contribution in [1.82, 2.24) is 5.32 Å². The maximum Gasteiger partial charge on any atom is 0.0724 e. The Bertz CT molecular complexity index is 195. The molecule has 0 amide bonds. The van der Waals surface area contributed by atoms with E-state index in [1.54, 1.807) is 0 Å². The van der Waals surface area contributed by atoms with Gasteiger partial charge in [-0.3, -0.25) is 0 Å². The standard InChI is InChI=1S/C11H22N2O2/c12-9-3-8(4-9)6-13-7-11-5-10(14)1-2-15-11/h8-11,13-14H,1-7,12H2/t8?,9?,10-,11+/m1/s1. The van der Waals surface area contributed by atoms with Gasteiger partial charge in [0.05, 0.1) is 12.2 Å². The third-order valence-corrected chi connectivity index (χ3v) is 3.42. The quantitative estimate of drug-likeness (QED) is 0.609. The van der Waals surface area contributed by atoms with Gasteiger partial charge < -0.3 is 20.9 Å². The van der Waals surface area contributed by atoms with E-state index in [1.165, 1.54) is 0 Å². The minimum atomic E-state index is -0.164. The van der Waals surface area contributed by atoms with Gasteiger partial charge in [-0.25, -0.2) is 0 Å². The monoisotopic (exact) mass is 214 g/mol. The maximum absolute atomic E-state index is 9.46. The van der Waals surface area contributed by atoms with Crippen LogP contribution in [0.5, 0.6) is 0 Å². The number of ether oxygens (including phenoxy) is 1. The molecule has 2 fully saturated rings. The number of nitrogens with one attached hydrogen (secondary N) is 1. The molecule has 0 aromatic heterocycles. The van der Waals surface area contributed by atoms with Crippen molar-refractivity contribution < 1.29 is 9.84 Å². The number of aliphatic hydroxyl groups excluding tert-OH is 1. The van der Waals surface area contributed by atoms with Gasteiger partial charge in [0.15, 0.2) is 0 Å². The Labute approximate surface area is 91.2 Å². The average molecular weight is 214 g/mol. The van der Waals surface area contributed by atoms with Gasteiger partial charge in [0.25, 0.3) is 0 Å². The summed E-state index contributed by atoms with van der Waals surface area (Å²) < 4.78 is 5.56. The van der Waals surface area contributed by atoms with Crippen molar-refractivity contribution in [2.45, 2.75) is 43.9 Å². The summed E-state index contributed by atoms with van der Waals surface area (Å²) in [5.74, 6) is 0.758. The lowest BCUT2D eigenvalue weighted by Crippen LogP contribution is -2.44. The van der Waals surface area contributed by atoms with Crippen LogP contribution in [0, 0.1) is 5.92 Å². The third-order valence-electron chi connectivity index (χ3n) is 3.42. The largest absolute Gasteiger partial charge is 0.393 e. The zero-order valence-corrected chi connectivity index (χ0v) is 9.19. The molecule has 4 nitrogen and oxygen atoms in total. The first kappa shape index (κ1) is 11.3. The fourth-order valence-electron chi connectivity index (χ4n) is 2.40. The van der Waals surface area contributed by atoms with Gasteiger partial charge in [0.2, 0.25) is 0 Å². The van der Waals surface area contributed by atoms with E-state index in [4.69, 9.17) is 10.5 Å². The first-order valence-electron chi connectivity index (χ1n) is 6.00. The van der Waals surface area contributed by atoms with Crippen LogP contribution in [0.1, 0.15) is 25.7 Å². The molecule has 1 aliphatic carbocycles. The Morgan fingerprint density at radius 3 is 2.73 bits per heavy atom. The maximum atomic E-state index is 9.46. The lowest BCUT2D eigenvalue weighted by molar-refractivity contribution is -0.0422. The Morgan fingerprint density at radius 1 is 1.27 bits per heavy atom. The summed E-state index contributed by atoms with van der Waals surface area (Å²) in [6, 6.07) is 0.435. The molecular formula is C11H22N2O2. The molecule has 0 aromatic carbocycles. The van der Waals surface area contributed by atoms with Gasteiger partial charge in [-0.15, -0.1) is 0 Å². The predicted octanol–water partition coefficient (Wildman–Crippen LogP) is -0.147. The molecule has 15 heavy (non-hydrogen) atoms. The van der Waals surface area contributed by atoms with E-state index in [2.05, 4.69) is 5.32 Å². The highest BCUT2D eigenvalue weighted by Crippen LogP contribution is 2.24. The van der Waals surface area contributed by atoms with Crippen LogP contribution in [0.3, 0.4) is 0 Å².